The average Bonchev–Trinajstić information content (AvgIpc) is 2.77. The van der Waals surface area contributed by atoms with Crippen molar-refractivity contribution in [3.05, 3.63) is 35.9 Å². The molecule has 1 aliphatic carbocycles. The highest BCUT2D eigenvalue weighted by Gasteiger charge is 2.38. The van der Waals surface area contributed by atoms with Crippen LogP contribution in [-0.2, 0) is 6.42 Å². The topological polar surface area (TPSA) is 43.7 Å². The normalized spacial score (nSPS) is 25.3. The Hall–Kier alpha value is -1.00. The van der Waals surface area contributed by atoms with Crippen molar-refractivity contribution in [1.82, 2.24) is 4.90 Å². The third kappa shape index (κ3) is 2.39. The smallest absolute Gasteiger partial charge is 0.160 e. The fraction of sp³-hybridized carbons (Fsp3) is 0.467. The third-order valence-corrected chi connectivity index (χ3v) is 4.37. The van der Waals surface area contributed by atoms with Gasteiger partial charge in [-0.25, -0.2) is 0 Å². The fourth-order valence-corrected chi connectivity index (χ4v) is 3.52. The van der Waals surface area contributed by atoms with Crippen LogP contribution in [-0.4, -0.2) is 34.7 Å². The molecule has 19 heavy (non-hydrogen) atoms. The number of phenolic OH excluding ortho intramolecular Hbond substituents is 2. The molecule has 1 fully saturated rings. The van der Waals surface area contributed by atoms with Crippen molar-refractivity contribution in [3.63, 3.8) is 0 Å². The highest BCUT2D eigenvalue weighted by atomic mass is 79.9. The van der Waals surface area contributed by atoms with Gasteiger partial charge in [0.15, 0.2) is 11.5 Å². The van der Waals surface area contributed by atoms with Crippen molar-refractivity contribution in [2.75, 3.05) is 19.6 Å². The molecule has 3 nitrogen and oxygen atoms in total. The Kier molecular flexibility index (Phi) is 4.21. The number of fused-ring (bicyclic) bond motifs is 3. The van der Waals surface area contributed by atoms with Crippen LogP contribution >= 0.6 is 17.0 Å². The van der Waals surface area contributed by atoms with E-state index < -0.39 is 0 Å². The number of hydrogen-bond donors (Lipinski definition) is 2. The van der Waals surface area contributed by atoms with Gasteiger partial charge in [-0.05, 0) is 30.4 Å². The second-order valence-corrected chi connectivity index (χ2v) is 5.41. The van der Waals surface area contributed by atoms with Crippen molar-refractivity contribution in [1.29, 1.82) is 0 Å². The number of halogens is 1. The van der Waals surface area contributed by atoms with Gasteiger partial charge in [-0.1, -0.05) is 12.1 Å². The van der Waals surface area contributed by atoms with Crippen LogP contribution in [0.5, 0.6) is 11.5 Å². The van der Waals surface area contributed by atoms with Crippen LogP contribution in [0, 0.1) is 5.92 Å². The molecule has 1 aromatic rings. The second-order valence-electron chi connectivity index (χ2n) is 5.41. The predicted octanol–water partition coefficient (Wildman–Crippen LogP) is 2.82. The van der Waals surface area contributed by atoms with Gasteiger partial charge in [-0.3, -0.25) is 4.90 Å². The minimum absolute atomic E-state index is 0. The summed E-state index contributed by atoms with van der Waals surface area (Å²) in [6, 6.07) is 3.60. The summed E-state index contributed by atoms with van der Waals surface area (Å²) in [4.78, 5) is 2.42. The monoisotopic (exact) mass is 325 g/mol. The molecule has 0 amide bonds. The van der Waals surface area contributed by atoms with Crippen molar-refractivity contribution >= 4 is 17.0 Å². The standard InChI is InChI=1S/C15H19NO2.BrH/c1-2-7-16-8-10-3-4-12-11(13(10)9-16)5-6-14(17)15(12)18;/h2,5-6,10,13,17-18H,1,3-4,7-9H2;1H. The zero-order valence-corrected chi connectivity index (χ0v) is 12.6. The van der Waals surface area contributed by atoms with Crippen LogP contribution in [0.15, 0.2) is 24.8 Å². The lowest BCUT2D eigenvalue weighted by molar-refractivity contribution is 0.353. The summed E-state index contributed by atoms with van der Waals surface area (Å²) in [6.45, 7) is 6.89. The van der Waals surface area contributed by atoms with E-state index in [9.17, 15) is 10.2 Å². The van der Waals surface area contributed by atoms with E-state index in [-0.39, 0.29) is 28.5 Å². The zero-order valence-electron chi connectivity index (χ0n) is 10.9. The highest BCUT2D eigenvalue weighted by Crippen LogP contribution is 2.46. The summed E-state index contributed by atoms with van der Waals surface area (Å²) in [6.07, 6.45) is 3.92. The molecule has 2 unspecified atom stereocenters. The summed E-state index contributed by atoms with van der Waals surface area (Å²) in [7, 11) is 0. The van der Waals surface area contributed by atoms with Gasteiger partial charge in [0.1, 0.15) is 0 Å². The highest BCUT2D eigenvalue weighted by molar-refractivity contribution is 8.93. The summed E-state index contributed by atoms with van der Waals surface area (Å²) in [5, 5.41) is 19.5. The molecule has 1 heterocycles. The lowest BCUT2D eigenvalue weighted by Gasteiger charge is -2.28. The second kappa shape index (κ2) is 5.55. The molecule has 104 valence electrons. The Morgan fingerprint density at radius 3 is 2.84 bits per heavy atom. The lowest BCUT2D eigenvalue weighted by atomic mass is 9.77. The van der Waals surface area contributed by atoms with Gasteiger partial charge >= 0.3 is 0 Å². The molecule has 1 aromatic carbocycles. The third-order valence-electron chi connectivity index (χ3n) is 4.37. The van der Waals surface area contributed by atoms with Crippen LogP contribution in [0.3, 0.4) is 0 Å². The number of likely N-dealkylation sites (tertiary alicyclic amines) is 1. The molecular formula is C15H20BrNO2. The van der Waals surface area contributed by atoms with Gasteiger partial charge in [0, 0.05) is 31.1 Å². The predicted molar refractivity (Wildman–Crippen MR) is 81.3 cm³/mol. The van der Waals surface area contributed by atoms with Crippen molar-refractivity contribution < 1.29 is 10.2 Å². The van der Waals surface area contributed by atoms with E-state index in [0.717, 1.165) is 38.0 Å². The van der Waals surface area contributed by atoms with Crippen LogP contribution in [0.2, 0.25) is 0 Å². The first-order chi connectivity index (χ1) is 8.70. The quantitative estimate of drug-likeness (QED) is 0.649. The molecule has 0 radical (unpaired) electrons. The van der Waals surface area contributed by atoms with Gasteiger partial charge in [-0.15, -0.1) is 23.6 Å². The van der Waals surface area contributed by atoms with Gasteiger partial charge in [0.05, 0.1) is 0 Å². The van der Waals surface area contributed by atoms with Gasteiger partial charge < -0.3 is 10.2 Å². The van der Waals surface area contributed by atoms with E-state index in [0.29, 0.717) is 11.8 Å². The average molecular weight is 326 g/mol. The molecule has 4 heteroatoms. The first-order valence-corrected chi connectivity index (χ1v) is 6.57. The van der Waals surface area contributed by atoms with Crippen LogP contribution < -0.4 is 0 Å². The number of phenols is 2. The fourth-order valence-electron chi connectivity index (χ4n) is 3.52. The number of nitrogens with zero attached hydrogens (tertiary/aromatic N) is 1. The lowest BCUT2D eigenvalue weighted by Crippen LogP contribution is -2.20. The number of benzene rings is 1. The van der Waals surface area contributed by atoms with Gasteiger partial charge in [0.25, 0.3) is 0 Å². The molecule has 2 atom stereocenters. The van der Waals surface area contributed by atoms with E-state index in [1.807, 2.05) is 12.1 Å². The van der Waals surface area contributed by atoms with E-state index in [4.69, 9.17) is 0 Å². The molecular weight excluding hydrogens is 306 g/mol. The van der Waals surface area contributed by atoms with Gasteiger partial charge in [-0.2, -0.15) is 0 Å². The summed E-state index contributed by atoms with van der Waals surface area (Å²) >= 11 is 0. The first-order valence-electron chi connectivity index (χ1n) is 6.57. The maximum absolute atomic E-state index is 9.95. The Morgan fingerprint density at radius 2 is 2.11 bits per heavy atom. The van der Waals surface area contributed by atoms with Crippen LogP contribution in [0.25, 0.3) is 0 Å². The molecule has 1 saturated heterocycles. The largest absolute Gasteiger partial charge is 0.504 e. The Morgan fingerprint density at radius 1 is 1.32 bits per heavy atom. The van der Waals surface area contributed by atoms with E-state index >= 15 is 0 Å². The minimum atomic E-state index is 0. The summed E-state index contributed by atoms with van der Waals surface area (Å²) < 4.78 is 0. The number of aromatic hydroxyl groups is 2. The summed E-state index contributed by atoms with van der Waals surface area (Å²) in [5.41, 5.74) is 2.19. The van der Waals surface area contributed by atoms with Crippen LogP contribution in [0.1, 0.15) is 23.5 Å². The first kappa shape index (κ1) is 14.4. The molecule has 0 aromatic heterocycles. The Bertz CT molecular complexity index is 489. The van der Waals surface area contributed by atoms with Gasteiger partial charge in [0.2, 0.25) is 0 Å². The Balaban J connectivity index is 0.00000133. The van der Waals surface area contributed by atoms with Crippen molar-refractivity contribution in [3.8, 4) is 11.5 Å². The number of hydrogen-bond acceptors (Lipinski definition) is 3. The maximum atomic E-state index is 9.95. The molecule has 0 spiro atoms. The van der Waals surface area contributed by atoms with Crippen molar-refractivity contribution in [2.45, 2.75) is 18.8 Å². The van der Waals surface area contributed by atoms with Crippen LogP contribution in [0.4, 0.5) is 0 Å². The van der Waals surface area contributed by atoms with Crippen molar-refractivity contribution in [2.24, 2.45) is 5.92 Å². The molecule has 2 N–H and O–H groups in total. The molecule has 0 bridgehead atoms. The Labute approximate surface area is 124 Å². The molecule has 1 aliphatic heterocycles. The minimum Gasteiger partial charge on any atom is -0.504 e. The molecule has 0 saturated carbocycles. The zero-order chi connectivity index (χ0) is 12.7. The SMILES string of the molecule is Br.C=CCN1CC2CCc3c(ccc(O)c3O)C2C1. The number of rotatable bonds is 2. The molecule has 2 aliphatic rings. The maximum Gasteiger partial charge on any atom is 0.160 e. The summed E-state index contributed by atoms with van der Waals surface area (Å²) in [5.74, 6) is 1.28. The van der Waals surface area contributed by atoms with E-state index in [1.54, 1.807) is 6.07 Å². The van der Waals surface area contributed by atoms with E-state index in [2.05, 4.69) is 11.5 Å². The molecule has 3 rings (SSSR count). The van der Waals surface area contributed by atoms with E-state index in [1.165, 1.54) is 5.56 Å².